The van der Waals surface area contributed by atoms with Gasteiger partial charge in [-0.1, -0.05) is 0 Å². The number of anilines is 1. The van der Waals surface area contributed by atoms with Gasteiger partial charge in [-0.05, 0) is 31.5 Å². The fourth-order valence-electron chi connectivity index (χ4n) is 1.79. The fraction of sp³-hybridized carbons (Fsp3) is 0.231. The Morgan fingerprint density at radius 2 is 1.86 bits per heavy atom. The van der Waals surface area contributed by atoms with Crippen LogP contribution in [0.4, 0.5) is 14.5 Å². The number of thiophene rings is 1. The first-order valence-electron chi connectivity index (χ1n) is 5.93. The highest BCUT2D eigenvalue weighted by Crippen LogP contribution is 2.28. The highest BCUT2D eigenvalue weighted by Gasteiger charge is 2.22. The summed E-state index contributed by atoms with van der Waals surface area (Å²) >= 11 is 1.12. The van der Waals surface area contributed by atoms with Crippen molar-refractivity contribution < 1.29 is 22.3 Å². The van der Waals surface area contributed by atoms with E-state index in [9.17, 15) is 17.2 Å². The van der Waals surface area contributed by atoms with Crippen molar-refractivity contribution in [3.05, 3.63) is 45.2 Å². The second-order valence-corrected chi connectivity index (χ2v) is 7.47. The molecule has 0 amide bonds. The topological polar surface area (TPSA) is 66.4 Å². The van der Waals surface area contributed by atoms with Crippen LogP contribution in [0.1, 0.15) is 15.3 Å². The normalized spacial score (nSPS) is 11.7. The monoisotopic (exact) mass is 333 g/mol. The van der Waals surface area contributed by atoms with Crippen LogP contribution in [-0.2, 0) is 16.6 Å². The van der Waals surface area contributed by atoms with E-state index in [1.165, 1.54) is 13.0 Å². The van der Waals surface area contributed by atoms with E-state index in [0.29, 0.717) is 9.75 Å². The molecule has 1 heterocycles. The summed E-state index contributed by atoms with van der Waals surface area (Å²) in [6.45, 7) is 2.67. The Morgan fingerprint density at radius 3 is 2.43 bits per heavy atom. The smallest absolute Gasteiger partial charge is 0.263 e. The van der Waals surface area contributed by atoms with E-state index in [2.05, 4.69) is 0 Å². The van der Waals surface area contributed by atoms with Crippen LogP contribution in [-0.4, -0.2) is 13.5 Å². The van der Waals surface area contributed by atoms with Crippen LogP contribution in [0.3, 0.4) is 0 Å². The zero-order valence-corrected chi connectivity index (χ0v) is 12.9. The molecular weight excluding hydrogens is 320 g/mol. The zero-order chi connectivity index (χ0) is 15.8. The van der Waals surface area contributed by atoms with Crippen molar-refractivity contribution in [1.82, 2.24) is 0 Å². The SMILES string of the molecule is Cc1cc(F)c(NS(=O)(=O)c2cc(CO)sc2C)cc1F. The predicted octanol–water partition coefficient (Wildman–Crippen LogP) is 2.94. The van der Waals surface area contributed by atoms with Gasteiger partial charge in [0.2, 0.25) is 0 Å². The number of nitrogens with one attached hydrogen (secondary N) is 1. The molecule has 0 spiro atoms. The molecule has 2 N–H and O–H groups in total. The third-order valence-electron chi connectivity index (χ3n) is 2.86. The van der Waals surface area contributed by atoms with Gasteiger partial charge in [-0.3, -0.25) is 4.72 Å². The first-order chi connectivity index (χ1) is 9.74. The largest absolute Gasteiger partial charge is 0.391 e. The van der Waals surface area contributed by atoms with Gasteiger partial charge in [-0.2, -0.15) is 0 Å². The first-order valence-corrected chi connectivity index (χ1v) is 8.23. The number of aliphatic hydroxyl groups is 1. The minimum Gasteiger partial charge on any atom is -0.391 e. The summed E-state index contributed by atoms with van der Waals surface area (Å²) < 4.78 is 53.6. The maximum Gasteiger partial charge on any atom is 0.263 e. The lowest BCUT2D eigenvalue weighted by Crippen LogP contribution is -2.14. The Morgan fingerprint density at radius 1 is 1.19 bits per heavy atom. The maximum atomic E-state index is 13.7. The Balaban J connectivity index is 2.42. The van der Waals surface area contributed by atoms with Crippen molar-refractivity contribution in [2.45, 2.75) is 25.3 Å². The second kappa shape index (κ2) is 5.70. The molecular formula is C13H13F2NO3S2. The Bertz CT molecular complexity index is 785. The van der Waals surface area contributed by atoms with E-state index in [1.54, 1.807) is 6.92 Å². The van der Waals surface area contributed by atoms with Crippen molar-refractivity contribution in [2.75, 3.05) is 4.72 Å². The lowest BCUT2D eigenvalue weighted by molar-refractivity contribution is 0.285. The van der Waals surface area contributed by atoms with Crippen LogP contribution in [0.5, 0.6) is 0 Å². The summed E-state index contributed by atoms with van der Waals surface area (Å²) in [7, 11) is -4.04. The molecule has 0 unspecified atom stereocenters. The molecule has 2 rings (SSSR count). The van der Waals surface area contributed by atoms with Gasteiger partial charge in [0, 0.05) is 15.8 Å². The van der Waals surface area contributed by atoms with E-state index in [-0.39, 0.29) is 17.1 Å². The van der Waals surface area contributed by atoms with E-state index < -0.39 is 27.3 Å². The number of aryl methyl sites for hydroxylation is 2. The second-order valence-electron chi connectivity index (χ2n) is 4.48. The van der Waals surface area contributed by atoms with Crippen LogP contribution >= 0.6 is 11.3 Å². The molecule has 0 aliphatic heterocycles. The molecule has 0 aliphatic carbocycles. The third kappa shape index (κ3) is 3.22. The summed E-state index contributed by atoms with van der Waals surface area (Å²) in [5.41, 5.74) is -0.362. The van der Waals surface area contributed by atoms with Crippen LogP contribution in [0.2, 0.25) is 0 Å². The van der Waals surface area contributed by atoms with Gasteiger partial charge >= 0.3 is 0 Å². The minimum atomic E-state index is -4.04. The molecule has 114 valence electrons. The zero-order valence-electron chi connectivity index (χ0n) is 11.3. The number of hydrogen-bond acceptors (Lipinski definition) is 4. The van der Waals surface area contributed by atoms with Crippen LogP contribution in [0.15, 0.2) is 23.1 Å². The number of aliphatic hydroxyl groups excluding tert-OH is 1. The summed E-state index contributed by atoms with van der Waals surface area (Å²) in [4.78, 5) is 0.875. The van der Waals surface area contributed by atoms with Gasteiger partial charge in [-0.15, -0.1) is 11.3 Å². The standard InChI is InChI=1S/C13H13F2NO3S2/c1-7-3-11(15)12(5-10(7)14)16-21(18,19)13-4-9(6-17)20-8(13)2/h3-5,16-17H,6H2,1-2H3. The quantitative estimate of drug-likeness (QED) is 0.904. The first kappa shape index (κ1) is 15.9. The lowest BCUT2D eigenvalue weighted by Gasteiger charge is -2.09. The van der Waals surface area contributed by atoms with Crippen molar-refractivity contribution >= 4 is 27.0 Å². The molecule has 0 fully saturated rings. The molecule has 0 saturated carbocycles. The highest BCUT2D eigenvalue weighted by atomic mass is 32.2. The fourth-order valence-corrected chi connectivity index (χ4v) is 4.35. The average molecular weight is 333 g/mol. The number of hydrogen-bond donors (Lipinski definition) is 2. The van der Waals surface area contributed by atoms with E-state index in [1.807, 2.05) is 4.72 Å². The molecule has 1 aromatic carbocycles. The van der Waals surface area contributed by atoms with Gasteiger partial charge in [0.15, 0.2) is 0 Å². The molecule has 8 heteroatoms. The third-order valence-corrected chi connectivity index (χ3v) is 5.52. The molecule has 0 radical (unpaired) electrons. The summed E-state index contributed by atoms with van der Waals surface area (Å²) in [5, 5.41) is 9.03. The molecule has 2 aromatic rings. The summed E-state index contributed by atoms with van der Waals surface area (Å²) in [5.74, 6) is -1.56. The predicted molar refractivity (Wildman–Crippen MR) is 76.9 cm³/mol. The summed E-state index contributed by atoms with van der Waals surface area (Å²) in [6.07, 6.45) is 0. The molecule has 1 aromatic heterocycles. The number of halogens is 2. The van der Waals surface area contributed by atoms with Crippen molar-refractivity contribution in [3.8, 4) is 0 Å². The highest BCUT2D eigenvalue weighted by molar-refractivity contribution is 7.93. The Kier molecular flexibility index (Phi) is 4.31. The van der Waals surface area contributed by atoms with Gasteiger partial charge in [0.05, 0.1) is 12.3 Å². The van der Waals surface area contributed by atoms with E-state index in [4.69, 9.17) is 5.11 Å². The van der Waals surface area contributed by atoms with Crippen LogP contribution in [0.25, 0.3) is 0 Å². The molecule has 4 nitrogen and oxygen atoms in total. The molecule has 0 aliphatic rings. The van der Waals surface area contributed by atoms with Crippen molar-refractivity contribution in [3.63, 3.8) is 0 Å². The van der Waals surface area contributed by atoms with Gasteiger partial charge in [0.25, 0.3) is 10.0 Å². The molecule has 0 atom stereocenters. The van der Waals surface area contributed by atoms with Crippen molar-refractivity contribution in [2.24, 2.45) is 0 Å². The number of benzene rings is 1. The molecule has 0 saturated heterocycles. The van der Waals surface area contributed by atoms with Crippen LogP contribution < -0.4 is 4.72 Å². The van der Waals surface area contributed by atoms with Crippen LogP contribution in [0, 0.1) is 25.5 Å². The lowest BCUT2D eigenvalue weighted by atomic mass is 10.2. The van der Waals surface area contributed by atoms with E-state index in [0.717, 1.165) is 23.5 Å². The Hall–Kier alpha value is -1.51. The van der Waals surface area contributed by atoms with Crippen molar-refractivity contribution in [1.29, 1.82) is 0 Å². The Labute approximate surface area is 125 Å². The number of sulfonamides is 1. The minimum absolute atomic E-state index is 0.0584. The summed E-state index contributed by atoms with van der Waals surface area (Å²) in [6, 6.07) is 3.04. The van der Waals surface area contributed by atoms with E-state index >= 15 is 0 Å². The van der Waals surface area contributed by atoms with Gasteiger partial charge < -0.3 is 5.11 Å². The maximum absolute atomic E-state index is 13.7. The number of rotatable bonds is 4. The molecule has 0 bridgehead atoms. The van der Waals surface area contributed by atoms with Gasteiger partial charge in [0.1, 0.15) is 16.5 Å². The average Bonchev–Trinajstić information content (AvgIpc) is 2.78. The van der Waals surface area contributed by atoms with Gasteiger partial charge in [-0.25, -0.2) is 17.2 Å². The molecule has 21 heavy (non-hydrogen) atoms.